The van der Waals surface area contributed by atoms with Crippen molar-refractivity contribution in [1.29, 1.82) is 5.26 Å². The summed E-state index contributed by atoms with van der Waals surface area (Å²) in [4.78, 5) is 5.12. The van der Waals surface area contributed by atoms with Crippen molar-refractivity contribution in [2.45, 2.75) is 32.6 Å². The Balaban J connectivity index is 2.65. The van der Waals surface area contributed by atoms with Gasteiger partial charge in [0.15, 0.2) is 0 Å². The molecule has 0 aliphatic carbocycles. The van der Waals surface area contributed by atoms with Crippen molar-refractivity contribution in [2.75, 3.05) is 7.11 Å². The van der Waals surface area contributed by atoms with Crippen molar-refractivity contribution in [3.05, 3.63) is 23.5 Å². The van der Waals surface area contributed by atoms with Crippen LogP contribution in [0.3, 0.4) is 0 Å². The maximum Gasteiger partial charge on any atom is 0.104 e. The molecule has 14 heavy (non-hydrogen) atoms. The summed E-state index contributed by atoms with van der Waals surface area (Å²) in [6, 6.07) is 4.00. The molecular formula is C11H16N2O. The maximum absolute atomic E-state index is 8.72. The normalized spacial score (nSPS) is 9.79. The molecule has 1 aromatic rings. The van der Waals surface area contributed by atoms with Crippen LogP contribution < -0.4 is 4.84 Å². The molecule has 76 valence electrons. The molecular weight excluding hydrogens is 176 g/mol. The number of aryl methyl sites for hydroxylation is 1. The van der Waals surface area contributed by atoms with E-state index in [0.29, 0.717) is 5.56 Å². The molecule has 0 spiro atoms. The smallest absolute Gasteiger partial charge is 0.104 e. The van der Waals surface area contributed by atoms with Crippen LogP contribution in [0.25, 0.3) is 0 Å². The third kappa shape index (κ3) is 2.53. The van der Waals surface area contributed by atoms with Gasteiger partial charge in [0.05, 0.1) is 17.5 Å². The van der Waals surface area contributed by atoms with Crippen LogP contribution >= 0.6 is 0 Å². The lowest BCUT2D eigenvalue weighted by molar-refractivity contribution is 0.159. The lowest BCUT2D eigenvalue weighted by Gasteiger charge is -2.05. The molecule has 0 radical (unpaired) electrons. The van der Waals surface area contributed by atoms with Crippen molar-refractivity contribution < 1.29 is 4.84 Å². The molecule has 3 heteroatoms. The van der Waals surface area contributed by atoms with Crippen LogP contribution in [0.15, 0.2) is 12.3 Å². The van der Waals surface area contributed by atoms with E-state index in [4.69, 9.17) is 10.1 Å². The summed E-state index contributed by atoms with van der Waals surface area (Å²) in [6.45, 7) is 2.18. The van der Waals surface area contributed by atoms with E-state index in [1.807, 2.05) is 6.07 Å². The number of nitriles is 1. The number of rotatable bonds is 5. The molecule has 0 saturated carbocycles. The van der Waals surface area contributed by atoms with Crippen molar-refractivity contribution in [2.24, 2.45) is 0 Å². The molecule has 0 aliphatic heterocycles. The van der Waals surface area contributed by atoms with Gasteiger partial charge in [0, 0.05) is 0 Å². The molecule has 0 atom stereocenters. The van der Waals surface area contributed by atoms with Gasteiger partial charge in [0.1, 0.15) is 13.2 Å². The zero-order valence-electron chi connectivity index (χ0n) is 8.79. The molecule has 0 bridgehead atoms. The Morgan fingerprint density at radius 2 is 2.29 bits per heavy atom. The van der Waals surface area contributed by atoms with Gasteiger partial charge < -0.3 is 4.84 Å². The van der Waals surface area contributed by atoms with Crippen molar-refractivity contribution in [1.82, 2.24) is 4.73 Å². The molecule has 0 amide bonds. The van der Waals surface area contributed by atoms with E-state index in [2.05, 4.69) is 13.0 Å². The van der Waals surface area contributed by atoms with Crippen LogP contribution in [-0.2, 0) is 6.42 Å². The summed E-state index contributed by atoms with van der Waals surface area (Å²) in [5, 5.41) is 8.72. The van der Waals surface area contributed by atoms with Crippen molar-refractivity contribution in [3.63, 3.8) is 0 Å². The predicted molar refractivity (Wildman–Crippen MR) is 54.9 cm³/mol. The molecule has 1 heterocycles. The van der Waals surface area contributed by atoms with E-state index in [-0.39, 0.29) is 0 Å². The van der Waals surface area contributed by atoms with E-state index in [0.717, 1.165) is 18.5 Å². The number of nitrogens with zero attached hydrogens (tertiary/aromatic N) is 2. The van der Waals surface area contributed by atoms with E-state index >= 15 is 0 Å². The van der Waals surface area contributed by atoms with E-state index in [1.165, 1.54) is 12.8 Å². The third-order valence-corrected chi connectivity index (χ3v) is 2.22. The Hall–Kier alpha value is -1.43. The fraction of sp³-hybridized carbons (Fsp3) is 0.545. The molecule has 0 fully saturated rings. The van der Waals surface area contributed by atoms with E-state index in [1.54, 1.807) is 18.0 Å². The topological polar surface area (TPSA) is 38.0 Å². The average Bonchev–Trinajstić information content (AvgIpc) is 2.61. The first-order valence-electron chi connectivity index (χ1n) is 4.97. The molecule has 0 unspecified atom stereocenters. The third-order valence-electron chi connectivity index (χ3n) is 2.22. The van der Waals surface area contributed by atoms with Gasteiger partial charge in [-0.1, -0.05) is 19.8 Å². The largest absolute Gasteiger partial charge is 0.417 e. The van der Waals surface area contributed by atoms with E-state index < -0.39 is 0 Å². The summed E-state index contributed by atoms with van der Waals surface area (Å²) in [7, 11) is 1.62. The first kappa shape index (κ1) is 10.6. The summed E-state index contributed by atoms with van der Waals surface area (Å²) in [6.07, 6.45) is 6.27. The quantitative estimate of drug-likeness (QED) is 0.670. The predicted octanol–water partition coefficient (Wildman–Crippen LogP) is 2.15. The minimum absolute atomic E-state index is 0.665. The Morgan fingerprint density at radius 3 is 2.86 bits per heavy atom. The number of hydrogen-bond donors (Lipinski definition) is 0. The molecule has 3 nitrogen and oxygen atoms in total. The lowest BCUT2D eigenvalue weighted by atomic mass is 10.1. The molecule has 0 N–H and O–H groups in total. The van der Waals surface area contributed by atoms with Gasteiger partial charge in [-0.15, -0.1) is 0 Å². The zero-order valence-corrected chi connectivity index (χ0v) is 8.79. The van der Waals surface area contributed by atoms with E-state index in [9.17, 15) is 0 Å². The first-order chi connectivity index (χ1) is 6.81. The Morgan fingerprint density at radius 1 is 1.50 bits per heavy atom. The van der Waals surface area contributed by atoms with Crippen LogP contribution in [0.4, 0.5) is 0 Å². The minimum atomic E-state index is 0.665. The highest BCUT2D eigenvalue weighted by Gasteiger charge is 2.04. The average molecular weight is 192 g/mol. The molecule has 0 saturated heterocycles. The zero-order chi connectivity index (χ0) is 10.4. The molecule has 0 aliphatic rings. The number of unbranched alkanes of at least 4 members (excludes halogenated alkanes) is 2. The van der Waals surface area contributed by atoms with Gasteiger partial charge in [-0.25, -0.2) is 0 Å². The van der Waals surface area contributed by atoms with Crippen LogP contribution in [0.5, 0.6) is 0 Å². The number of aromatic nitrogens is 1. The maximum atomic E-state index is 8.72. The highest BCUT2D eigenvalue weighted by atomic mass is 16.6. The monoisotopic (exact) mass is 192 g/mol. The van der Waals surface area contributed by atoms with Gasteiger partial charge in [0.2, 0.25) is 0 Å². The molecule has 1 rings (SSSR count). The summed E-state index contributed by atoms with van der Waals surface area (Å²) >= 11 is 0. The van der Waals surface area contributed by atoms with Gasteiger partial charge in [-0.2, -0.15) is 9.99 Å². The second kappa shape index (κ2) is 5.33. The van der Waals surface area contributed by atoms with Crippen LogP contribution in [0, 0.1) is 11.3 Å². The van der Waals surface area contributed by atoms with Gasteiger partial charge in [0.25, 0.3) is 0 Å². The fourth-order valence-corrected chi connectivity index (χ4v) is 1.46. The second-order valence-electron chi connectivity index (χ2n) is 3.30. The molecule has 0 aromatic carbocycles. The minimum Gasteiger partial charge on any atom is -0.417 e. The van der Waals surface area contributed by atoms with Crippen molar-refractivity contribution in [3.8, 4) is 6.07 Å². The van der Waals surface area contributed by atoms with Crippen molar-refractivity contribution >= 4 is 0 Å². The SMILES string of the molecule is CCCCCc1cc(C#N)cn1OC. The Kier molecular flexibility index (Phi) is 4.06. The van der Waals surface area contributed by atoms with Crippen LogP contribution in [-0.4, -0.2) is 11.8 Å². The Bertz CT molecular complexity index is 323. The second-order valence-corrected chi connectivity index (χ2v) is 3.30. The summed E-state index contributed by atoms with van der Waals surface area (Å²) < 4.78 is 1.67. The highest BCUT2D eigenvalue weighted by molar-refractivity contribution is 5.29. The summed E-state index contributed by atoms with van der Waals surface area (Å²) in [5.74, 6) is 0. The highest BCUT2D eigenvalue weighted by Crippen LogP contribution is 2.10. The molecule has 1 aromatic heterocycles. The van der Waals surface area contributed by atoms with Crippen LogP contribution in [0.2, 0.25) is 0 Å². The van der Waals surface area contributed by atoms with Gasteiger partial charge >= 0.3 is 0 Å². The Labute approximate surface area is 84.9 Å². The van der Waals surface area contributed by atoms with Gasteiger partial charge in [-0.3, -0.25) is 0 Å². The fourth-order valence-electron chi connectivity index (χ4n) is 1.46. The first-order valence-corrected chi connectivity index (χ1v) is 4.97. The summed E-state index contributed by atoms with van der Waals surface area (Å²) in [5.41, 5.74) is 1.75. The van der Waals surface area contributed by atoms with Gasteiger partial charge in [-0.05, 0) is 18.9 Å². The van der Waals surface area contributed by atoms with Crippen LogP contribution in [0.1, 0.15) is 37.4 Å². The standard InChI is InChI=1S/C11H16N2O/c1-3-4-5-6-11-7-10(8-12)9-13(11)14-2/h7,9H,3-6H2,1-2H3. The lowest BCUT2D eigenvalue weighted by Crippen LogP contribution is -2.08. The number of hydrogen-bond acceptors (Lipinski definition) is 2.